The maximum absolute atomic E-state index is 13.2. The molecule has 0 radical (unpaired) electrons. The van der Waals surface area contributed by atoms with Gasteiger partial charge >= 0.3 is 0 Å². The Labute approximate surface area is 140 Å². The molecule has 24 heavy (non-hydrogen) atoms. The van der Waals surface area contributed by atoms with Gasteiger partial charge in [-0.25, -0.2) is 0 Å². The summed E-state index contributed by atoms with van der Waals surface area (Å²) in [5.74, 6) is 0.173. The third kappa shape index (κ3) is 1.57. The molecule has 5 rings (SSSR count). The van der Waals surface area contributed by atoms with Crippen LogP contribution in [0.5, 0.6) is 0 Å². The van der Waals surface area contributed by atoms with Gasteiger partial charge in [0.15, 0.2) is 5.78 Å². The van der Waals surface area contributed by atoms with E-state index in [-0.39, 0.29) is 5.78 Å². The number of rotatable bonds is 0. The summed E-state index contributed by atoms with van der Waals surface area (Å²) in [6.07, 6.45) is 0. The number of aryl methyl sites for hydroxylation is 2. The first-order chi connectivity index (χ1) is 11.7. The molecule has 0 heterocycles. The third-order valence-electron chi connectivity index (χ3n) is 5.36. The van der Waals surface area contributed by atoms with Crippen molar-refractivity contribution in [1.29, 1.82) is 0 Å². The Morgan fingerprint density at radius 2 is 1.04 bits per heavy atom. The largest absolute Gasteiger partial charge is 0.289 e. The van der Waals surface area contributed by atoms with E-state index in [9.17, 15) is 4.79 Å². The maximum Gasteiger partial charge on any atom is 0.194 e. The second-order valence-electron chi connectivity index (χ2n) is 6.62. The van der Waals surface area contributed by atoms with Gasteiger partial charge in [-0.3, -0.25) is 4.79 Å². The molecule has 114 valence electrons. The lowest BCUT2D eigenvalue weighted by Crippen LogP contribution is -2.01. The average molecular weight is 308 g/mol. The van der Waals surface area contributed by atoms with Crippen LogP contribution in [0.15, 0.2) is 60.7 Å². The van der Waals surface area contributed by atoms with Gasteiger partial charge in [0.2, 0.25) is 0 Å². The van der Waals surface area contributed by atoms with Crippen LogP contribution in [-0.4, -0.2) is 5.78 Å². The quantitative estimate of drug-likeness (QED) is 0.352. The lowest BCUT2D eigenvalue weighted by atomic mass is 9.94. The predicted octanol–water partition coefficient (Wildman–Crippen LogP) is 5.82. The van der Waals surface area contributed by atoms with Crippen molar-refractivity contribution in [2.75, 3.05) is 0 Å². The van der Waals surface area contributed by atoms with Crippen LogP contribution >= 0.6 is 0 Å². The first kappa shape index (κ1) is 13.5. The maximum atomic E-state index is 13.2. The van der Waals surface area contributed by atoms with Gasteiger partial charge in [0.05, 0.1) is 0 Å². The summed E-state index contributed by atoms with van der Waals surface area (Å²) in [6, 6.07) is 21.0. The Balaban J connectivity index is 1.97. The van der Waals surface area contributed by atoms with Crippen molar-refractivity contribution >= 4 is 27.3 Å². The van der Waals surface area contributed by atoms with E-state index in [0.717, 1.165) is 33.4 Å². The van der Waals surface area contributed by atoms with Crippen molar-refractivity contribution in [3.8, 4) is 11.1 Å². The number of carbonyl (C=O) groups is 1. The van der Waals surface area contributed by atoms with Crippen molar-refractivity contribution in [1.82, 2.24) is 0 Å². The number of hydrogen-bond donors (Lipinski definition) is 0. The van der Waals surface area contributed by atoms with Crippen molar-refractivity contribution in [3.05, 3.63) is 82.9 Å². The summed E-state index contributed by atoms with van der Waals surface area (Å²) < 4.78 is 0. The SMILES string of the molecule is Cc1c2c(cc3ccccc13)-c1cc3ccccc3c(C)c1C2=O. The van der Waals surface area contributed by atoms with Gasteiger partial charge in [0.1, 0.15) is 0 Å². The van der Waals surface area contributed by atoms with Gasteiger partial charge in [0, 0.05) is 11.1 Å². The van der Waals surface area contributed by atoms with Crippen molar-refractivity contribution < 1.29 is 4.79 Å². The molecule has 0 aromatic heterocycles. The Kier molecular flexibility index (Phi) is 2.56. The summed E-state index contributed by atoms with van der Waals surface area (Å²) in [4.78, 5) is 13.2. The summed E-state index contributed by atoms with van der Waals surface area (Å²) >= 11 is 0. The molecular weight excluding hydrogens is 292 g/mol. The van der Waals surface area contributed by atoms with Crippen LogP contribution in [-0.2, 0) is 0 Å². The molecule has 0 fully saturated rings. The van der Waals surface area contributed by atoms with E-state index in [0.29, 0.717) is 0 Å². The number of ketones is 1. The second-order valence-corrected chi connectivity index (χ2v) is 6.62. The first-order valence-corrected chi connectivity index (χ1v) is 8.26. The Hall–Kier alpha value is -2.93. The number of carbonyl (C=O) groups excluding carboxylic acids is 1. The van der Waals surface area contributed by atoms with E-state index >= 15 is 0 Å². The predicted molar refractivity (Wildman–Crippen MR) is 99.8 cm³/mol. The zero-order valence-electron chi connectivity index (χ0n) is 13.7. The van der Waals surface area contributed by atoms with Crippen LogP contribution in [0.1, 0.15) is 27.0 Å². The van der Waals surface area contributed by atoms with Crippen LogP contribution < -0.4 is 0 Å². The highest BCUT2D eigenvalue weighted by molar-refractivity contribution is 6.27. The van der Waals surface area contributed by atoms with Crippen LogP contribution in [0.25, 0.3) is 32.7 Å². The highest BCUT2D eigenvalue weighted by Crippen LogP contribution is 2.44. The average Bonchev–Trinajstić information content (AvgIpc) is 2.88. The number of fused-ring (bicyclic) bond motifs is 5. The lowest BCUT2D eigenvalue weighted by molar-refractivity contribution is 0.104. The number of benzene rings is 4. The van der Waals surface area contributed by atoms with Gasteiger partial charge in [-0.05, 0) is 69.8 Å². The monoisotopic (exact) mass is 308 g/mol. The van der Waals surface area contributed by atoms with E-state index in [1.165, 1.54) is 21.5 Å². The van der Waals surface area contributed by atoms with Gasteiger partial charge < -0.3 is 0 Å². The van der Waals surface area contributed by atoms with Gasteiger partial charge in [-0.2, -0.15) is 0 Å². The topological polar surface area (TPSA) is 17.1 Å². The fraction of sp³-hybridized carbons (Fsp3) is 0.0870. The second kappa shape index (κ2) is 4.55. The molecule has 0 unspecified atom stereocenters. The summed E-state index contributed by atoms with van der Waals surface area (Å²) in [7, 11) is 0. The van der Waals surface area contributed by atoms with Crippen molar-refractivity contribution in [3.63, 3.8) is 0 Å². The van der Waals surface area contributed by atoms with Crippen molar-refractivity contribution in [2.45, 2.75) is 13.8 Å². The molecule has 0 atom stereocenters. The molecule has 4 aromatic carbocycles. The van der Waals surface area contributed by atoms with E-state index in [1.54, 1.807) is 0 Å². The normalized spacial score (nSPS) is 12.7. The lowest BCUT2D eigenvalue weighted by Gasteiger charge is -2.09. The zero-order chi connectivity index (χ0) is 16.4. The molecule has 0 spiro atoms. The third-order valence-corrected chi connectivity index (χ3v) is 5.36. The number of hydrogen-bond acceptors (Lipinski definition) is 1. The first-order valence-electron chi connectivity index (χ1n) is 8.26. The van der Waals surface area contributed by atoms with E-state index in [1.807, 2.05) is 12.1 Å². The van der Waals surface area contributed by atoms with Crippen LogP contribution in [0.3, 0.4) is 0 Å². The molecule has 1 aliphatic carbocycles. The summed E-state index contributed by atoms with van der Waals surface area (Å²) in [5.41, 5.74) is 6.10. The Bertz CT molecular complexity index is 1090. The summed E-state index contributed by atoms with van der Waals surface area (Å²) in [5, 5.41) is 4.72. The Morgan fingerprint density at radius 3 is 1.50 bits per heavy atom. The molecule has 4 aromatic rings. The molecule has 0 saturated heterocycles. The minimum Gasteiger partial charge on any atom is -0.289 e. The molecule has 1 heteroatoms. The molecule has 0 amide bonds. The fourth-order valence-corrected chi connectivity index (χ4v) is 4.19. The van der Waals surface area contributed by atoms with E-state index in [2.05, 4.69) is 62.4 Å². The van der Waals surface area contributed by atoms with Crippen LogP contribution in [0.4, 0.5) is 0 Å². The van der Waals surface area contributed by atoms with Crippen LogP contribution in [0, 0.1) is 13.8 Å². The van der Waals surface area contributed by atoms with Gasteiger partial charge in [-0.1, -0.05) is 48.5 Å². The van der Waals surface area contributed by atoms with Gasteiger partial charge in [-0.15, -0.1) is 0 Å². The molecule has 0 bridgehead atoms. The minimum absolute atomic E-state index is 0.173. The molecular formula is C23H16O. The van der Waals surface area contributed by atoms with E-state index in [4.69, 9.17) is 0 Å². The standard InChI is InChI=1S/C23H16O/c1-13-17-9-5-3-7-15(17)11-19-20-12-16-8-4-6-10-18(16)14(2)22(20)23(24)21(13)19/h3-12H,1-2H3. The summed E-state index contributed by atoms with van der Waals surface area (Å²) in [6.45, 7) is 4.14. The van der Waals surface area contributed by atoms with E-state index < -0.39 is 0 Å². The van der Waals surface area contributed by atoms with Gasteiger partial charge in [0.25, 0.3) is 0 Å². The Morgan fingerprint density at radius 1 is 0.625 bits per heavy atom. The van der Waals surface area contributed by atoms with Crippen molar-refractivity contribution in [2.24, 2.45) is 0 Å². The zero-order valence-corrected chi connectivity index (χ0v) is 13.7. The minimum atomic E-state index is 0.173. The molecule has 0 aliphatic heterocycles. The van der Waals surface area contributed by atoms with Crippen LogP contribution in [0.2, 0.25) is 0 Å². The molecule has 1 aliphatic rings. The fourth-order valence-electron chi connectivity index (χ4n) is 4.19. The molecule has 0 saturated carbocycles. The highest BCUT2D eigenvalue weighted by Gasteiger charge is 2.31. The molecule has 1 nitrogen and oxygen atoms in total. The smallest absolute Gasteiger partial charge is 0.194 e. The highest BCUT2D eigenvalue weighted by atomic mass is 16.1. The molecule has 0 N–H and O–H groups in total.